The van der Waals surface area contributed by atoms with E-state index in [-0.39, 0.29) is 36.3 Å². The van der Waals surface area contributed by atoms with Crippen molar-refractivity contribution in [2.24, 2.45) is 0 Å². The molecule has 0 bridgehead atoms. The van der Waals surface area contributed by atoms with Crippen molar-refractivity contribution in [2.75, 3.05) is 12.1 Å². The molecule has 1 fully saturated rings. The molecule has 3 N–H and O–H groups in total. The van der Waals surface area contributed by atoms with E-state index < -0.39 is 16.9 Å². The number of aliphatic hydroxyl groups is 1. The summed E-state index contributed by atoms with van der Waals surface area (Å²) in [4.78, 5) is 23.8. The van der Waals surface area contributed by atoms with Gasteiger partial charge in [0, 0.05) is 12.6 Å². The molecular formula is C20H21N3O6. The Morgan fingerprint density at radius 2 is 2.03 bits per heavy atom. The Kier molecular flexibility index (Phi) is 5.22. The Labute approximate surface area is 166 Å². The van der Waals surface area contributed by atoms with Crippen LogP contribution in [-0.2, 0) is 6.54 Å². The van der Waals surface area contributed by atoms with Crippen LogP contribution in [0, 0.1) is 10.1 Å². The van der Waals surface area contributed by atoms with Crippen LogP contribution in [0.5, 0.6) is 11.5 Å². The SMILES string of the molecule is O=C(NCc1ccc2c(c1)OCO2)c1cccc([N+](=O)[O-])c1N[C@@H]1CCC[C@H]1O. The Morgan fingerprint density at radius 3 is 2.79 bits per heavy atom. The summed E-state index contributed by atoms with van der Waals surface area (Å²) in [7, 11) is 0. The molecule has 1 amide bonds. The highest BCUT2D eigenvalue weighted by atomic mass is 16.7. The van der Waals surface area contributed by atoms with Gasteiger partial charge < -0.3 is 25.2 Å². The molecule has 9 nitrogen and oxygen atoms in total. The van der Waals surface area contributed by atoms with Gasteiger partial charge in [0.2, 0.25) is 6.79 Å². The lowest BCUT2D eigenvalue weighted by atomic mass is 10.1. The highest BCUT2D eigenvalue weighted by molar-refractivity contribution is 6.01. The Morgan fingerprint density at radius 1 is 1.21 bits per heavy atom. The largest absolute Gasteiger partial charge is 0.454 e. The zero-order valence-electron chi connectivity index (χ0n) is 15.6. The van der Waals surface area contributed by atoms with E-state index in [1.807, 2.05) is 6.07 Å². The lowest BCUT2D eigenvalue weighted by molar-refractivity contribution is -0.384. The van der Waals surface area contributed by atoms with Gasteiger partial charge in [0.1, 0.15) is 5.69 Å². The number of hydrogen-bond acceptors (Lipinski definition) is 7. The number of carbonyl (C=O) groups is 1. The molecule has 1 aliphatic carbocycles. The third kappa shape index (κ3) is 3.95. The van der Waals surface area contributed by atoms with Gasteiger partial charge in [-0.1, -0.05) is 12.1 Å². The van der Waals surface area contributed by atoms with Crippen LogP contribution < -0.4 is 20.1 Å². The van der Waals surface area contributed by atoms with Gasteiger partial charge in [-0.15, -0.1) is 0 Å². The van der Waals surface area contributed by atoms with E-state index in [0.29, 0.717) is 24.3 Å². The molecule has 0 unspecified atom stereocenters. The first-order valence-corrected chi connectivity index (χ1v) is 9.41. The molecule has 1 aliphatic heterocycles. The summed E-state index contributed by atoms with van der Waals surface area (Å²) in [6.45, 7) is 0.393. The lowest BCUT2D eigenvalue weighted by Gasteiger charge is -2.20. The molecule has 2 aromatic carbocycles. The van der Waals surface area contributed by atoms with E-state index in [0.717, 1.165) is 12.0 Å². The number of nitrogens with one attached hydrogen (secondary N) is 2. The van der Waals surface area contributed by atoms with Gasteiger partial charge in [-0.05, 0) is 43.0 Å². The van der Waals surface area contributed by atoms with Gasteiger partial charge >= 0.3 is 0 Å². The molecule has 0 aromatic heterocycles. The summed E-state index contributed by atoms with van der Waals surface area (Å²) in [5, 5.41) is 27.4. The van der Waals surface area contributed by atoms with E-state index in [4.69, 9.17) is 9.47 Å². The number of nitrogens with zero attached hydrogens (tertiary/aromatic N) is 1. The van der Waals surface area contributed by atoms with Gasteiger partial charge in [0.25, 0.3) is 11.6 Å². The fourth-order valence-corrected chi connectivity index (χ4v) is 3.66. The summed E-state index contributed by atoms with van der Waals surface area (Å²) in [6.07, 6.45) is 1.54. The Balaban J connectivity index is 1.54. The first kappa shape index (κ1) is 19.0. The fourth-order valence-electron chi connectivity index (χ4n) is 3.66. The number of carbonyl (C=O) groups excluding carboxylic acids is 1. The first-order valence-electron chi connectivity index (χ1n) is 9.41. The Bertz CT molecular complexity index is 948. The number of ether oxygens (including phenoxy) is 2. The minimum Gasteiger partial charge on any atom is -0.454 e. The maximum Gasteiger partial charge on any atom is 0.293 e. The molecule has 0 radical (unpaired) electrons. The van der Waals surface area contributed by atoms with E-state index in [2.05, 4.69) is 10.6 Å². The van der Waals surface area contributed by atoms with Crippen molar-refractivity contribution in [1.29, 1.82) is 0 Å². The van der Waals surface area contributed by atoms with Gasteiger partial charge in [-0.2, -0.15) is 0 Å². The zero-order valence-corrected chi connectivity index (χ0v) is 15.6. The average molecular weight is 399 g/mol. The predicted molar refractivity (Wildman–Crippen MR) is 104 cm³/mol. The summed E-state index contributed by atoms with van der Waals surface area (Å²) >= 11 is 0. The highest BCUT2D eigenvalue weighted by Gasteiger charge is 2.30. The van der Waals surface area contributed by atoms with Crippen LogP contribution in [0.3, 0.4) is 0 Å². The van der Waals surface area contributed by atoms with Crippen molar-refractivity contribution < 1.29 is 24.3 Å². The molecule has 9 heteroatoms. The minimum absolute atomic E-state index is 0.131. The van der Waals surface area contributed by atoms with Gasteiger partial charge in [0.05, 0.1) is 22.6 Å². The smallest absolute Gasteiger partial charge is 0.293 e. The van der Waals surface area contributed by atoms with Crippen LogP contribution in [-0.4, -0.2) is 34.9 Å². The highest BCUT2D eigenvalue weighted by Crippen LogP contribution is 2.34. The molecule has 152 valence electrons. The number of aliphatic hydroxyl groups excluding tert-OH is 1. The van der Waals surface area contributed by atoms with Crippen LogP contribution in [0.2, 0.25) is 0 Å². The monoisotopic (exact) mass is 399 g/mol. The topological polar surface area (TPSA) is 123 Å². The molecule has 2 atom stereocenters. The third-order valence-corrected chi connectivity index (χ3v) is 5.18. The van der Waals surface area contributed by atoms with Crippen molar-refractivity contribution in [3.8, 4) is 11.5 Å². The standard InChI is InChI=1S/C20H21N3O6/c24-16-6-2-4-14(16)22-19-13(3-1-5-15(19)23(26)27)20(25)21-10-12-7-8-17-18(9-12)29-11-28-17/h1,3,5,7-9,14,16,22,24H,2,4,6,10-11H2,(H,21,25)/t14-,16-/m1/s1. The van der Waals surface area contributed by atoms with Crippen LogP contribution >= 0.6 is 0 Å². The van der Waals surface area contributed by atoms with E-state index >= 15 is 0 Å². The number of rotatable bonds is 6. The second-order valence-corrected chi connectivity index (χ2v) is 7.08. The maximum atomic E-state index is 12.8. The van der Waals surface area contributed by atoms with Crippen LogP contribution in [0.25, 0.3) is 0 Å². The van der Waals surface area contributed by atoms with Gasteiger partial charge in [0.15, 0.2) is 11.5 Å². The molecule has 1 saturated carbocycles. The van der Waals surface area contributed by atoms with Crippen molar-refractivity contribution in [3.05, 3.63) is 57.6 Å². The quantitative estimate of drug-likeness (QED) is 0.504. The first-order chi connectivity index (χ1) is 14.0. The van der Waals surface area contributed by atoms with Crippen molar-refractivity contribution in [3.63, 3.8) is 0 Å². The van der Waals surface area contributed by atoms with Crippen LogP contribution in [0.15, 0.2) is 36.4 Å². The van der Waals surface area contributed by atoms with E-state index in [1.165, 1.54) is 18.2 Å². The Hall–Kier alpha value is -3.33. The molecule has 1 heterocycles. The summed E-state index contributed by atoms with van der Waals surface area (Å²) in [6, 6.07) is 9.40. The molecule has 2 aromatic rings. The molecule has 0 saturated heterocycles. The van der Waals surface area contributed by atoms with Crippen molar-refractivity contribution in [2.45, 2.75) is 38.0 Å². The predicted octanol–water partition coefficient (Wildman–Crippen LogP) is 2.58. The molecule has 29 heavy (non-hydrogen) atoms. The number of nitro benzene ring substituents is 1. The lowest BCUT2D eigenvalue weighted by Crippen LogP contribution is -2.30. The zero-order chi connectivity index (χ0) is 20.4. The number of fused-ring (bicyclic) bond motifs is 1. The minimum atomic E-state index is -0.598. The van der Waals surface area contributed by atoms with Crippen LogP contribution in [0.1, 0.15) is 35.2 Å². The number of benzene rings is 2. The average Bonchev–Trinajstić information content (AvgIpc) is 3.34. The second kappa shape index (κ2) is 7.96. The van der Waals surface area contributed by atoms with Crippen molar-refractivity contribution in [1.82, 2.24) is 5.32 Å². The number of hydrogen-bond donors (Lipinski definition) is 3. The number of amides is 1. The van der Waals surface area contributed by atoms with Gasteiger partial charge in [-0.3, -0.25) is 14.9 Å². The number of para-hydroxylation sites is 1. The van der Waals surface area contributed by atoms with Gasteiger partial charge in [-0.25, -0.2) is 0 Å². The summed E-state index contributed by atoms with van der Waals surface area (Å²) in [5.41, 5.74) is 0.916. The summed E-state index contributed by atoms with van der Waals surface area (Å²) < 4.78 is 10.6. The fraction of sp³-hybridized carbons (Fsp3) is 0.350. The number of nitro groups is 1. The normalized spacial score (nSPS) is 19.8. The van der Waals surface area contributed by atoms with Crippen LogP contribution in [0.4, 0.5) is 11.4 Å². The van der Waals surface area contributed by atoms with E-state index in [9.17, 15) is 20.0 Å². The molecule has 2 aliphatic rings. The molecule has 4 rings (SSSR count). The molecular weight excluding hydrogens is 378 g/mol. The molecule has 0 spiro atoms. The maximum absolute atomic E-state index is 12.8. The summed E-state index contributed by atoms with van der Waals surface area (Å²) in [5.74, 6) is 0.825. The van der Waals surface area contributed by atoms with E-state index in [1.54, 1.807) is 12.1 Å². The second-order valence-electron chi connectivity index (χ2n) is 7.08. The number of anilines is 1. The van der Waals surface area contributed by atoms with Crippen molar-refractivity contribution >= 4 is 17.3 Å². The third-order valence-electron chi connectivity index (χ3n) is 5.18.